The maximum Gasteiger partial charge on any atom is 0.255 e. The molecule has 19 heavy (non-hydrogen) atoms. The highest BCUT2D eigenvalue weighted by atomic mass is 16.1. The predicted molar refractivity (Wildman–Crippen MR) is 77.3 cm³/mol. The van der Waals surface area contributed by atoms with Gasteiger partial charge in [-0.2, -0.15) is 0 Å². The van der Waals surface area contributed by atoms with Gasteiger partial charge in [0.15, 0.2) is 0 Å². The van der Waals surface area contributed by atoms with E-state index in [1.807, 2.05) is 30.3 Å². The topological polar surface area (TPSA) is 42.0 Å². The summed E-state index contributed by atoms with van der Waals surface area (Å²) in [4.78, 5) is 16.3. The van der Waals surface area contributed by atoms with Gasteiger partial charge in [-0.3, -0.25) is 9.78 Å². The summed E-state index contributed by atoms with van der Waals surface area (Å²) in [6, 6.07) is 13.0. The van der Waals surface area contributed by atoms with Crippen molar-refractivity contribution < 1.29 is 4.79 Å². The first-order chi connectivity index (χ1) is 8.97. The van der Waals surface area contributed by atoms with Gasteiger partial charge >= 0.3 is 0 Å². The first kappa shape index (κ1) is 13.3. The SMILES string of the molecule is CC(C)(C)c1ccc(NC(=O)c2ccccc2)cn1. The minimum Gasteiger partial charge on any atom is -0.321 e. The molecular weight excluding hydrogens is 236 g/mol. The second-order valence-corrected chi connectivity index (χ2v) is 5.50. The molecular formula is C16H18N2O. The Bertz CT molecular complexity index is 554. The number of aromatic nitrogens is 1. The van der Waals surface area contributed by atoms with E-state index in [2.05, 4.69) is 31.1 Å². The maximum atomic E-state index is 12.0. The number of benzene rings is 1. The molecule has 0 fully saturated rings. The van der Waals surface area contributed by atoms with Gasteiger partial charge in [0.25, 0.3) is 5.91 Å². The second-order valence-electron chi connectivity index (χ2n) is 5.50. The van der Waals surface area contributed by atoms with Crippen LogP contribution in [0.1, 0.15) is 36.8 Å². The number of pyridine rings is 1. The molecule has 0 spiro atoms. The highest BCUT2D eigenvalue weighted by Gasteiger charge is 2.15. The molecule has 2 rings (SSSR count). The lowest BCUT2D eigenvalue weighted by atomic mass is 9.92. The Morgan fingerprint density at radius 2 is 1.74 bits per heavy atom. The fourth-order valence-corrected chi connectivity index (χ4v) is 1.70. The normalized spacial score (nSPS) is 11.1. The molecule has 3 heteroatoms. The van der Waals surface area contributed by atoms with E-state index in [0.29, 0.717) is 11.3 Å². The summed E-state index contributed by atoms with van der Waals surface area (Å²) in [5.74, 6) is -0.120. The van der Waals surface area contributed by atoms with Gasteiger partial charge < -0.3 is 5.32 Å². The zero-order valence-corrected chi connectivity index (χ0v) is 11.5. The van der Waals surface area contributed by atoms with E-state index in [1.54, 1.807) is 18.3 Å². The molecule has 1 aromatic heterocycles. The summed E-state index contributed by atoms with van der Waals surface area (Å²) in [6.45, 7) is 6.33. The van der Waals surface area contributed by atoms with Crippen LogP contribution < -0.4 is 5.32 Å². The average molecular weight is 254 g/mol. The molecule has 0 saturated carbocycles. The number of nitrogens with zero attached hydrogens (tertiary/aromatic N) is 1. The molecule has 2 aromatic rings. The fraction of sp³-hybridized carbons (Fsp3) is 0.250. The molecule has 0 saturated heterocycles. The highest BCUT2D eigenvalue weighted by molar-refractivity contribution is 6.04. The van der Waals surface area contributed by atoms with Crippen LogP contribution in [0.25, 0.3) is 0 Å². The summed E-state index contributed by atoms with van der Waals surface area (Å²) in [6.07, 6.45) is 1.70. The summed E-state index contributed by atoms with van der Waals surface area (Å²) >= 11 is 0. The van der Waals surface area contributed by atoms with Crippen molar-refractivity contribution in [2.24, 2.45) is 0 Å². The van der Waals surface area contributed by atoms with Gasteiger partial charge in [0.2, 0.25) is 0 Å². The molecule has 98 valence electrons. The molecule has 0 aliphatic rings. The van der Waals surface area contributed by atoms with Crippen molar-refractivity contribution in [2.75, 3.05) is 5.32 Å². The van der Waals surface area contributed by atoms with Crippen molar-refractivity contribution in [1.29, 1.82) is 0 Å². The summed E-state index contributed by atoms with van der Waals surface area (Å²) in [5.41, 5.74) is 2.37. The molecule has 0 radical (unpaired) electrons. The van der Waals surface area contributed by atoms with Crippen LogP contribution in [0, 0.1) is 0 Å². The lowest BCUT2D eigenvalue weighted by Gasteiger charge is -2.17. The van der Waals surface area contributed by atoms with Crippen molar-refractivity contribution in [2.45, 2.75) is 26.2 Å². The van der Waals surface area contributed by atoms with Gasteiger partial charge in [-0.15, -0.1) is 0 Å². The Morgan fingerprint density at radius 3 is 2.26 bits per heavy atom. The number of hydrogen-bond donors (Lipinski definition) is 1. The van der Waals surface area contributed by atoms with E-state index in [-0.39, 0.29) is 11.3 Å². The molecule has 1 aromatic carbocycles. The van der Waals surface area contributed by atoms with Crippen LogP contribution in [0.2, 0.25) is 0 Å². The van der Waals surface area contributed by atoms with Gasteiger partial charge in [0.1, 0.15) is 0 Å². The van der Waals surface area contributed by atoms with E-state index < -0.39 is 0 Å². The fourth-order valence-electron chi connectivity index (χ4n) is 1.70. The van der Waals surface area contributed by atoms with E-state index >= 15 is 0 Å². The first-order valence-electron chi connectivity index (χ1n) is 6.30. The zero-order valence-electron chi connectivity index (χ0n) is 11.5. The van der Waals surface area contributed by atoms with E-state index in [4.69, 9.17) is 0 Å². The Kier molecular flexibility index (Phi) is 3.65. The smallest absolute Gasteiger partial charge is 0.255 e. The van der Waals surface area contributed by atoms with Crippen molar-refractivity contribution in [3.63, 3.8) is 0 Å². The minimum atomic E-state index is -0.120. The second kappa shape index (κ2) is 5.22. The third kappa shape index (κ3) is 3.41. The summed E-state index contributed by atoms with van der Waals surface area (Å²) < 4.78 is 0. The van der Waals surface area contributed by atoms with E-state index in [1.165, 1.54) is 0 Å². The lowest BCUT2D eigenvalue weighted by molar-refractivity contribution is 0.102. The van der Waals surface area contributed by atoms with Crippen molar-refractivity contribution in [1.82, 2.24) is 4.98 Å². The Hall–Kier alpha value is -2.16. The highest BCUT2D eigenvalue weighted by Crippen LogP contribution is 2.21. The maximum absolute atomic E-state index is 12.0. The van der Waals surface area contributed by atoms with Crippen LogP contribution >= 0.6 is 0 Å². The number of amides is 1. The van der Waals surface area contributed by atoms with Crippen molar-refractivity contribution >= 4 is 11.6 Å². The number of nitrogens with one attached hydrogen (secondary N) is 1. The number of carbonyl (C=O) groups excluding carboxylic acids is 1. The Balaban J connectivity index is 2.10. The van der Waals surface area contributed by atoms with Gasteiger partial charge in [-0.1, -0.05) is 39.0 Å². The zero-order chi connectivity index (χ0) is 13.9. The number of rotatable bonds is 2. The molecule has 1 amide bonds. The Morgan fingerprint density at radius 1 is 1.05 bits per heavy atom. The van der Waals surface area contributed by atoms with Crippen molar-refractivity contribution in [3.8, 4) is 0 Å². The monoisotopic (exact) mass is 254 g/mol. The van der Waals surface area contributed by atoms with Crippen LogP contribution in [-0.4, -0.2) is 10.9 Å². The Labute approximate surface area is 113 Å². The quantitative estimate of drug-likeness (QED) is 0.889. The number of anilines is 1. The summed E-state index contributed by atoms with van der Waals surface area (Å²) in [7, 11) is 0. The standard InChI is InChI=1S/C16H18N2O/c1-16(2,3)14-10-9-13(11-17-14)18-15(19)12-7-5-4-6-8-12/h4-11H,1-3H3,(H,18,19). The molecule has 1 heterocycles. The van der Waals surface area contributed by atoms with Gasteiger partial charge in [0, 0.05) is 16.7 Å². The molecule has 0 aliphatic carbocycles. The molecule has 0 unspecified atom stereocenters. The first-order valence-corrected chi connectivity index (χ1v) is 6.30. The van der Waals surface area contributed by atoms with Crippen LogP contribution in [0.3, 0.4) is 0 Å². The third-order valence-electron chi connectivity index (χ3n) is 2.83. The number of hydrogen-bond acceptors (Lipinski definition) is 2. The van der Waals surface area contributed by atoms with Crippen LogP contribution in [0.4, 0.5) is 5.69 Å². The average Bonchev–Trinajstić information content (AvgIpc) is 2.39. The molecule has 0 atom stereocenters. The van der Waals surface area contributed by atoms with Crippen LogP contribution in [0.15, 0.2) is 48.7 Å². The predicted octanol–water partition coefficient (Wildman–Crippen LogP) is 3.63. The van der Waals surface area contributed by atoms with Gasteiger partial charge in [0.05, 0.1) is 11.9 Å². The molecule has 3 nitrogen and oxygen atoms in total. The largest absolute Gasteiger partial charge is 0.321 e. The number of carbonyl (C=O) groups is 1. The van der Waals surface area contributed by atoms with Crippen LogP contribution in [-0.2, 0) is 5.41 Å². The van der Waals surface area contributed by atoms with Crippen LogP contribution in [0.5, 0.6) is 0 Å². The van der Waals surface area contributed by atoms with E-state index in [9.17, 15) is 4.79 Å². The van der Waals surface area contributed by atoms with E-state index in [0.717, 1.165) is 5.69 Å². The third-order valence-corrected chi connectivity index (χ3v) is 2.83. The minimum absolute atomic E-state index is 0.0158. The molecule has 0 bridgehead atoms. The van der Waals surface area contributed by atoms with Gasteiger partial charge in [-0.25, -0.2) is 0 Å². The molecule has 1 N–H and O–H groups in total. The lowest BCUT2D eigenvalue weighted by Crippen LogP contribution is -2.15. The molecule has 0 aliphatic heterocycles. The summed E-state index contributed by atoms with van der Waals surface area (Å²) in [5, 5.41) is 2.84. The van der Waals surface area contributed by atoms with Gasteiger partial charge in [-0.05, 0) is 24.3 Å². The van der Waals surface area contributed by atoms with Crippen molar-refractivity contribution in [3.05, 3.63) is 59.9 Å².